The SMILES string of the molecule is c1ccc2c(c1)CNCCC2NCCCOCC1CC1. The third-order valence-corrected chi connectivity index (χ3v) is 4.26. The first-order chi connectivity index (χ1) is 9.93. The van der Waals surface area contributed by atoms with Gasteiger partial charge in [0, 0.05) is 25.8 Å². The summed E-state index contributed by atoms with van der Waals surface area (Å²) < 4.78 is 5.69. The van der Waals surface area contributed by atoms with Gasteiger partial charge in [0.25, 0.3) is 0 Å². The Labute approximate surface area is 122 Å². The molecule has 1 heterocycles. The molecule has 0 bridgehead atoms. The zero-order valence-corrected chi connectivity index (χ0v) is 12.2. The first-order valence-electron chi connectivity index (χ1n) is 8.03. The van der Waals surface area contributed by atoms with Crippen molar-refractivity contribution in [2.45, 2.75) is 38.3 Å². The molecule has 3 nitrogen and oxygen atoms in total. The highest BCUT2D eigenvalue weighted by molar-refractivity contribution is 5.30. The second-order valence-electron chi connectivity index (χ2n) is 6.04. The molecule has 1 unspecified atom stereocenters. The zero-order valence-electron chi connectivity index (χ0n) is 12.2. The Balaban J connectivity index is 1.42. The van der Waals surface area contributed by atoms with Crippen molar-refractivity contribution in [3.05, 3.63) is 35.4 Å². The predicted molar refractivity (Wildman–Crippen MR) is 81.7 cm³/mol. The lowest BCUT2D eigenvalue weighted by Crippen LogP contribution is -2.25. The maximum absolute atomic E-state index is 5.69. The van der Waals surface area contributed by atoms with Crippen LogP contribution in [-0.2, 0) is 11.3 Å². The molecule has 0 spiro atoms. The molecule has 2 aliphatic rings. The van der Waals surface area contributed by atoms with Crippen molar-refractivity contribution < 1.29 is 4.74 Å². The van der Waals surface area contributed by atoms with E-state index in [9.17, 15) is 0 Å². The van der Waals surface area contributed by atoms with Crippen LogP contribution < -0.4 is 10.6 Å². The van der Waals surface area contributed by atoms with Crippen LogP contribution in [0.25, 0.3) is 0 Å². The third kappa shape index (κ3) is 4.05. The van der Waals surface area contributed by atoms with Crippen LogP contribution in [0.1, 0.15) is 42.9 Å². The highest BCUT2D eigenvalue weighted by Crippen LogP contribution is 2.28. The van der Waals surface area contributed by atoms with Crippen LogP contribution in [0.2, 0.25) is 0 Å². The van der Waals surface area contributed by atoms with Crippen LogP contribution in [0, 0.1) is 5.92 Å². The fraction of sp³-hybridized carbons (Fsp3) is 0.647. The Hall–Kier alpha value is -0.900. The molecule has 0 saturated heterocycles. The van der Waals surface area contributed by atoms with Gasteiger partial charge in [-0.25, -0.2) is 0 Å². The molecule has 1 aliphatic heterocycles. The van der Waals surface area contributed by atoms with E-state index in [1.807, 2.05) is 0 Å². The number of hydrogen-bond acceptors (Lipinski definition) is 3. The summed E-state index contributed by atoms with van der Waals surface area (Å²) in [4.78, 5) is 0. The highest BCUT2D eigenvalue weighted by Gasteiger charge is 2.21. The molecular formula is C17H26N2O. The number of rotatable bonds is 7. The minimum absolute atomic E-state index is 0.490. The molecule has 0 amide bonds. The zero-order chi connectivity index (χ0) is 13.6. The van der Waals surface area contributed by atoms with Crippen LogP contribution in [0.15, 0.2) is 24.3 Å². The summed E-state index contributed by atoms with van der Waals surface area (Å²) in [6, 6.07) is 9.28. The molecule has 110 valence electrons. The summed E-state index contributed by atoms with van der Waals surface area (Å²) in [5.41, 5.74) is 2.91. The lowest BCUT2D eigenvalue weighted by molar-refractivity contribution is 0.121. The molecule has 2 N–H and O–H groups in total. The molecule has 1 fully saturated rings. The van der Waals surface area contributed by atoms with Gasteiger partial charge >= 0.3 is 0 Å². The molecular weight excluding hydrogens is 248 g/mol. The van der Waals surface area contributed by atoms with Gasteiger partial charge in [-0.2, -0.15) is 0 Å². The van der Waals surface area contributed by atoms with Gasteiger partial charge in [0.2, 0.25) is 0 Å². The van der Waals surface area contributed by atoms with E-state index in [2.05, 4.69) is 34.9 Å². The van der Waals surface area contributed by atoms with Gasteiger partial charge < -0.3 is 15.4 Å². The maximum Gasteiger partial charge on any atom is 0.0494 e. The number of ether oxygens (including phenoxy) is 1. The number of fused-ring (bicyclic) bond motifs is 1. The van der Waals surface area contributed by atoms with Gasteiger partial charge in [-0.1, -0.05) is 24.3 Å². The summed E-state index contributed by atoms with van der Waals surface area (Å²) in [7, 11) is 0. The van der Waals surface area contributed by atoms with Crippen LogP contribution in [0.4, 0.5) is 0 Å². The second kappa shape index (κ2) is 7.21. The van der Waals surface area contributed by atoms with Crippen molar-refractivity contribution in [1.29, 1.82) is 0 Å². The molecule has 0 radical (unpaired) electrons. The summed E-state index contributed by atoms with van der Waals surface area (Å²) in [5.74, 6) is 0.878. The number of benzene rings is 1. The molecule has 20 heavy (non-hydrogen) atoms. The summed E-state index contributed by atoms with van der Waals surface area (Å²) in [6.07, 6.45) is 5.03. The lowest BCUT2D eigenvalue weighted by atomic mass is 9.99. The quantitative estimate of drug-likeness (QED) is 0.750. The van der Waals surface area contributed by atoms with Crippen LogP contribution in [0.3, 0.4) is 0 Å². The topological polar surface area (TPSA) is 33.3 Å². The van der Waals surface area contributed by atoms with E-state index in [0.29, 0.717) is 6.04 Å². The molecule has 3 rings (SSSR count). The average molecular weight is 274 g/mol. The predicted octanol–water partition coefficient (Wildman–Crippen LogP) is 2.63. The van der Waals surface area contributed by atoms with E-state index in [0.717, 1.165) is 45.2 Å². The van der Waals surface area contributed by atoms with Gasteiger partial charge in [0.1, 0.15) is 0 Å². The van der Waals surface area contributed by atoms with E-state index in [-0.39, 0.29) is 0 Å². The van der Waals surface area contributed by atoms with E-state index in [4.69, 9.17) is 4.74 Å². The van der Waals surface area contributed by atoms with Gasteiger partial charge in [-0.15, -0.1) is 0 Å². The normalized spacial score (nSPS) is 22.3. The average Bonchev–Trinajstić information content (AvgIpc) is 3.30. The van der Waals surface area contributed by atoms with Crippen molar-refractivity contribution in [2.75, 3.05) is 26.3 Å². The van der Waals surface area contributed by atoms with E-state index in [1.54, 1.807) is 0 Å². The van der Waals surface area contributed by atoms with Crippen molar-refractivity contribution in [2.24, 2.45) is 5.92 Å². The van der Waals surface area contributed by atoms with Crippen LogP contribution in [-0.4, -0.2) is 26.3 Å². The first-order valence-corrected chi connectivity index (χ1v) is 8.03. The Morgan fingerprint density at radius 3 is 3.00 bits per heavy atom. The summed E-state index contributed by atoms with van der Waals surface area (Å²) in [5, 5.41) is 7.20. The van der Waals surface area contributed by atoms with E-state index >= 15 is 0 Å². The van der Waals surface area contributed by atoms with Gasteiger partial charge in [-0.05, 0) is 55.8 Å². The minimum atomic E-state index is 0.490. The van der Waals surface area contributed by atoms with Gasteiger partial charge in [0.15, 0.2) is 0 Å². The Bertz CT molecular complexity index is 417. The first kappa shape index (κ1) is 14.1. The Morgan fingerprint density at radius 2 is 2.10 bits per heavy atom. The molecule has 1 aromatic rings. The van der Waals surface area contributed by atoms with Crippen LogP contribution >= 0.6 is 0 Å². The number of hydrogen-bond donors (Lipinski definition) is 2. The van der Waals surface area contributed by atoms with Crippen molar-refractivity contribution in [3.63, 3.8) is 0 Å². The van der Waals surface area contributed by atoms with E-state index < -0.39 is 0 Å². The fourth-order valence-electron chi connectivity index (χ4n) is 2.86. The van der Waals surface area contributed by atoms with Gasteiger partial charge in [0.05, 0.1) is 0 Å². The molecule has 1 atom stereocenters. The smallest absolute Gasteiger partial charge is 0.0494 e. The molecule has 1 saturated carbocycles. The molecule has 3 heteroatoms. The molecule has 0 aromatic heterocycles. The Morgan fingerprint density at radius 1 is 1.20 bits per heavy atom. The van der Waals surface area contributed by atoms with E-state index in [1.165, 1.54) is 30.4 Å². The minimum Gasteiger partial charge on any atom is -0.381 e. The molecule has 1 aliphatic carbocycles. The third-order valence-electron chi connectivity index (χ3n) is 4.26. The molecule has 1 aromatic carbocycles. The van der Waals surface area contributed by atoms with Crippen molar-refractivity contribution in [1.82, 2.24) is 10.6 Å². The summed E-state index contributed by atoms with van der Waals surface area (Å²) >= 11 is 0. The second-order valence-corrected chi connectivity index (χ2v) is 6.04. The lowest BCUT2D eigenvalue weighted by Gasteiger charge is -2.19. The van der Waals surface area contributed by atoms with Crippen LogP contribution in [0.5, 0.6) is 0 Å². The highest BCUT2D eigenvalue weighted by atomic mass is 16.5. The van der Waals surface area contributed by atoms with Crippen molar-refractivity contribution in [3.8, 4) is 0 Å². The largest absolute Gasteiger partial charge is 0.381 e. The summed E-state index contributed by atoms with van der Waals surface area (Å²) in [6.45, 7) is 5.01. The number of nitrogens with one attached hydrogen (secondary N) is 2. The maximum atomic E-state index is 5.69. The fourth-order valence-corrected chi connectivity index (χ4v) is 2.86. The van der Waals surface area contributed by atoms with Gasteiger partial charge in [-0.3, -0.25) is 0 Å². The monoisotopic (exact) mass is 274 g/mol. The van der Waals surface area contributed by atoms with Crippen molar-refractivity contribution >= 4 is 0 Å². The standard InChI is InChI=1S/C17H26N2O/c1-2-5-16-15(4-1)12-18-10-8-17(16)19-9-3-11-20-13-14-6-7-14/h1-2,4-5,14,17-19H,3,6-13H2. The Kier molecular flexibility index (Phi) is 5.06.